The molecule has 0 spiro atoms. The molecule has 0 fully saturated rings. The van der Waals surface area contributed by atoms with Gasteiger partial charge in [0.2, 0.25) is 5.91 Å². The molecule has 2 heterocycles. The number of aromatic nitrogens is 1. The van der Waals surface area contributed by atoms with Gasteiger partial charge < -0.3 is 10.4 Å². The molecule has 7 heteroatoms. The highest BCUT2D eigenvalue weighted by Gasteiger charge is 2.23. The summed E-state index contributed by atoms with van der Waals surface area (Å²) in [4.78, 5) is 18.3. The molecular formula is C23H21N3O2S2. The van der Waals surface area contributed by atoms with Crippen molar-refractivity contribution in [1.82, 2.24) is 4.98 Å². The monoisotopic (exact) mass is 435 g/mol. The van der Waals surface area contributed by atoms with E-state index in [4.69, 9.17) is 4.98 Å². The molecule has 30 heavy (non-hydrogen) atoms. The summed E-state index contributed by atoms with van der Waals surface area (Å²) in [6, 6.07) is 13.0. The van der Waals surface area contributed by atoms with Crippen molar-refractivity contribution in [3.05, 3.63) is 58.6 Å². The molecule has 0 unspecified atom stereocenters. The molecule has 1 aliphatic rings. The molecule has 0 bridgehead atoms. The van der Waals surface area contributed by atoms with E-state index in [1.54, 1.807) is 29.5 Å². The Hall–Kier alpha value is -2.82. The van der Waals surface area contributed by atoms with Crippen LogP contribution in [0.2, 0.25) is 0 Å². The van der Waals surface area contributed by atoms with E-state index < -0.39 is 0 Å². The number of rotatable bonds is 5. The lowest BCUT2D eigenvalue weighted by atomic mass is 9.97. The number of benzene rings is 1. The van der Waals surface area contributed by atoms with Crippen molar-refractivity contribution < 1.29 is 9.90 Å². The standard InChI is InChI=1S/C23H21N3O2S2/c24-13-16-22(20-11-6-12-29-20)15-7-2-1-3-8-17(15)26-23(16)30-14-21(28)25-18-9-4-5-10-19(18)27/h4-6,9-12,27H,1-3,7-8,14H2,(H,25,28). The molecule has 1 aromatic carbocycles. The molecule has 0 saturated carbocycles. The summed E-state index contributed by atoms with van der Waals surface area (Å²) in [6.07, 6.45) is 5.19. The Morgan fingerprint density at radius 2 is 2.03 bits per heavy atom. The third-order valence-corrected chi connectivity index (χ3v) is 6.95. The number of hydrogen-bond acceptors (Lipinski definition) is 6. The van der Waals surface area contributed by atoms with Crippen molar-refractivity contribution in [2.75, 3.05) is 11.1 Å². The second kappa shape index (κ2) is 9.33. The first kappa shape index (κ1) is 20.5. The number of nitriles is 1. The third-order valence-electron chi connectivity index (χ3n) is 5.09. The van der Waals surface area contributed by atoms with Crippen molar-refractivity contribution >= 4 is 34.7 Å². The normalized spacial score (nSPS) is 13.2. The van der Waals surface area contributed by atoms with E-state index in [2.05, 4.69) is 11.4 Å². The quantitative estimate of drug-likeness (QED) is 0.319. The van der Waals surface area contributed by atoms with Crippen LogP contribution in [0.5, 0.6) is 5.75 Å². The predicted molar refractivity (Wildman–Crippen MR) is 121 cm³/mol. The number of pyridine rings is 1. The molecular weight excluding hydrogens is 414 g/mol. The smallest absolute Gasteiger partial charge is 0.234 e. The number of phenols is 1. The molecule has 5 nitrogen and oxygen atoms in total. The zero-order valence-corrected chi connectivity index (χ0v) is 18.0. The Labute approximate surface area is 183 Å². The van der Waals surface area contributed by atoms with Gasteiger partial charge in [-0.05, 0) is 54.8 Å². The number of hydrogen-bond donors (Lipinski definition) is 2. The zero-order chi connectivity index (χ0) is 20.9. The van der Waals surface area contributed by atoms with Gasteiger partial charge in [0.15, 0.2) is 0 Å². The van der Waals surface area contributed by atoms with Crippen LogP contribution in [0.15, 0.2) is 46.8 Å². The Balaban J connectivity index is 1.64. The highest BCUT2D eigenvalue weighted by molar-refractivity contribution is 8.00. The number of carbonyl (C=O) groups excluding carboxylic acids is 1. The number of nitrogens with one attached hydrogen (secondary N) is 1. The Kier molecular flexibility index (Phi) is 6.36. The summed E-state index contributed by atoms with van der Waals surface area (Å²) in [5.74, 6) is -0.116. The third kappa shape index (κ3) is 4.35. The van der Waals surface area contributed by atoms with E-state index in [0.717, 1.165) is 48.2 Å². The minimum absolute atomic E-state index is 0.0247. The van der Waals surface area contributed by atoms with Crippen LogP contribution in [0.1, 0.15) is 36.1 Å². The number of thiophene rings is 1. The minimum Gasteiger partial charge on any atom is -0.506 e. The van der Waals surface area contributed by atoms with Gasteiger partial charge >= 0.3 is 0 Å². The maximum Gasteiger partial charge on any atom is 0.234 e. The summed E-state index contributed by atoms with van der Waals surface area (Å²) >= 11 is 2.90. The van der Waals surface area contributed by atoms with E-state index >= 15 is 0 Å². The zero-order valence-electron chi connectivity index (χ0n) is 16.4. The molecule has 0 atom stereocenters. The summed E-state index contributed by atoms with van der Waals surface area (Å²) in [5, 5.41) is 25.2. The van der Waals surface area contributed by atoms with Crippen molar-refractivity contribution in [2.24, 2.45) is 0 Å². The lowest BCUT2D eigenvalue weighted by Gasteiger charge is -2.16. The van der Waals surface area contributed by atoms with Crippen LogP contribution < -0.4 is 5.32 Å². The average Bonchev–Trinajstić information content (AvgIpc) is 3.18. The molecule has 152 valence electrons. The Morgan fingerprint density at radius 1 is 1.20 bits per heavy atom. The summed E-state index contributed by atoms with van der Waals surface area (Å²) in [6.45, 7) is 0. The van der Waals surface area contributed by atoms with Crippen LogP contribution in [-0.2, 0) is 17.6 Å². The summed E-state index contributed by atoms with van der Waals surface area (Å²) in [7, 11) is 0. The van der Waals surface area contributed by atoms with Crippen molar-refractivity contribution in [2.45, 2.75) is 37.1 Å². The largest absolute Gasteiger partial charge is 0.506 e. The fourth-order valence-corrected chi connectivity index (χ4v) is 5.31. The number of nitrogens with zero attached hydrogens (tertiary/aromatic N) is 2. The number of aryl methyl sites for hydroxylation is 1. The van der Waals surface area contributed by atoms with Gasteiger partial charge in [0, 0.05) is 16.1 Å². The van der Waals surface area contributed by atoms with Gasteiger partial charge in [-0.1, -0.05) is 36.4 Å². The van der Waals surface area contributed by atoms with Crippen LogP contribution in [0.25, 0.3) is 10.4 Å². The predicted octanol–water partition coefficient (Wildman–Crippen LogP) is 5.39. The van der Waals surface area contributed by atoms with Gasteiger partial charge in [0.1, 0.15) is 16.8 Å². The van der Waals surface area contributed by atoms with E-state index in [0.29, 0.717) is 16.3 Å². The Morgan fingerprint density at radius 3 is 2.80 bits per heavy atom. The Bertz CT molecular complexity index is 1100. The SMILES string of the molecule is N#Cc1c(SCC(=O)Nc2ccccc2O)nc2c(c1-c1cccs1)CCCCC2. The van der Waals surface area contributed by atoms with Gasteiger partial charge in [0.25, 0.3) is 0 Å². The number of fused-ring (bicyclic) bond motifs is 1. The van der Waals surface area contributed by atoms with Crippen LogP contribution in [0, 0.1) is 11.3 Å². The van der Waals surface area contributed by atoms with Crippen LogP contribution in [0.4, 0.5) is 5.69 Å². The van der Waals surface area contributed by atoms with Crippen LogP contribution >= 0.6 is 23.1 Å². The van der Waals surface area contributed by atoms with Crippen LogP contribution in [0.3, 0.4) is 0 Å². The minimum atomic E-state index is -0.250. The van der Waals surface area contributed by atoms with Gasteiger partial charge in [-0.15, -0.1) is 11.3 Å². The van der Waals surface area contributed by atoms with E-state index in [1.807, 2.05) is 17.5 Å². The van der Waals surface area contributed by atoms with E-state index in [9.17, 15) is 15.2 Å². The fourth-order valence-electron chi connectivity index (χ4n) is 3.70. The van der Waals surface area contributed by atoms with E-state index in [1.165, 1.54) is 23.4 Å². The molecule has 0 radical (unpaired) electrons. The number of carbonyl (C=O) groups is 1. The molecule has 0 saturated heterocycles. The van der Waals surface area contributed by atoms with Crippen molar-refractivity contribution in [3.8, 4) is 22.3 Å². The molecule has 1 amide bonds. The topological polar surface area (TPSA) is 86.0 Å². The highest BCUT2D eigenvalue weighted by atomic mass is 32.2. The molecule has 1 aliphatic carbocycles. The first-order valence-electron chi connectivity index (χ1n) is 9.87. The number of phenolic OH excluding ortho intramolecular Hbond substituents is 1. The summed E-state index contributed by atoms with van der Waals surface area (Å²) in [5.41, 5.74) is 4.16. The van der Waals surface area contributed by atoms with Crippen molar-refractivity contribution in [1.29, 1.82) is 5.26 Å². The molecule has 2 aromatic heterocycles. The molecule has 3 aromatic rings. The highest BCUT2D eigenvalue weighted by Crippen LogP contribution is 2.39. The maximum atomic E-state index is 12.4. The molecule has 2 N–H and O–H groups in total. The van der Waals surface area contributed by atoms with Gasteiger partial charge in [-0.3, -0.25) is 4.79 Å². The van der Waals surface area contributed by atoms with Crippen LogP contribution in [-0.4, -0.2) is 21.8 Å². The lowest BCUT2D eigenvalue weighted by molar-refractivity contribution is -0.113. The average molecular weight is 436 g/mol. The number of anilines is 1. The second-order valence-corrected chi connectivity index (χ2v) is 9.01. The number of aromatic hydroxyl groups is 1. The van der Waals surface area contributed by atoms with Gasteiger partial charge in [-0.25, -0.2) is 4.98 Å². The second-order valence-electron chi connectivity index (χ2n) is 7.10. The lowest BCUT2D eigenvalue weighted by Crippen LogP contribution is -2.14. The number of para-hydroxylation sites is 2. The fraction of sp³-hybridized carbons (Fsp3) is 0.261. The summed E-state index contributed by atoms with van der Waals surface area (Å²) < 4.78 is 0. The van der Waals surface area contributed by atoms with Crippen molar-refractivity contribution in [3.63, 3.8) is 0 Å². The van der Waals surface area contributed by atoms with E-state index in [-0.39, 0.29) is 17.4 Å². The molecule has 4 rings (SSSR count). The first-order chi connectivity index (χ1) is 14.7. The molecule has 0 aliphatic heterocycles. The number of amides is 1. The van der Waals surface area contributed by atoms with Gasteiger partial charge in [-0.2, -0.15) is 5.26 Å². The van der Waals surface area contributed by atoms with Gasteiger partial charge in [0.05, 0.1) is 17.0 Å². The maximum absolute atomic E-state index is 12.4. The first-order valence-corrected chi connectivity index (χ1v) is 11.7. The number of thioether (sulfide) groups is 1.